The normalized spacial score (nSPS) is 19.8. The Balaban J connectivity index is 1.61. The van der Waals surface area contributed by atoms with Crippen molar-refractivity contribution >= 4 is 23.4 Å². The van der Waals surface area contributed by atoms with Crippen LogP contribution < -0.4 is 10.2 Å². The third-order valence-corrected chi connectivity index (χ3v) is 7.53. The molecule has 2 aliphatic rings. The van der Waals surface area contributed by atoms with Crippen molar-refractivity contribution in [3.05, 3.63) is 29.8 Å². The van der Waals surface area contributed by atoms with Crippen molar-refractivity contribution in [2.24, 2.45) is 4.99 Å². The maximum absolute atomic E-state index is 5.57. The van der Waals surface area contributed by atoms with Crippen LogP contribution in [-0.2, 0) is 11.3 Å². The van der Waals surface area contributed by atoms with Gasteiger partial charge in [0.05, 0.1) is 6.54 Å². The van der Waals surface area contributed by atoms with E-state index in [1.54, 1.807) is 0 Å². The number of anilines is 1. The van der Waals surface area contributed by atoms with Gasteiger partial charge in [0.25, 0.3) is 0 Å². The van der Waals surface area contributed by atoms with Crippen molar-refractivity contribution in [3.8, 4) is 0 Å². The summed E-state index contributed by atoms with van der Waals surface area (Å²) in [4.78, 5) is 9.77. The Morgan fingerprint density at radius 3 is 2.48 bits per heavy atom. The molecule has 2 saturated heterocycles. The second kappa shape index (κ2) is 11.1. The fourth-order valence-corrected chi connectivity index (χ4v) is 4.94. The molecule has 0 spiro atoms. The van der Waals surface area contributed by atoms with E-state index in [1.807, 2.05) is 11.8 Å². The summed E-state index contributed by atoms with van der Waals surface area (Å²) in [5.74, 6) is 0.993. The molecule has 0 aliphatic carbocycles. The van der Waals surface area contributed by atoms with E-state index in [0.29, 0.717) is 0 Å². The lowest BCUT2D eigenvalue weighted by Crippen LogP contribution is -2.41. The molecule has 2 aliphatic heterocycles. The smallest absolute Gasteiger partial charge is 0.194 e. The second-order valence-electron chi connectivity index (χ2n) is 8.24. The summed E-state index contributed by atoms with van der Waals surface area (Å²) in [6.45, 7) is 8.82. The van der Waals surface area contributed by atoms with Gasteiger partial charge in [-0.15, -0.1) is 0 Å². The second-order valence-corrected chi connectivity index (χ2v) is 9.51. The molecule has 0 aromatic heterocycles. The van der Waals surface area contributed by atoms with E-state index < -0.39 is 0 Å². The van der Waals surface area contributed by atoms with Gasteiger partial charge in [0, 0.05) is 56.9 Å². The fraction of sp³-hybridized carbons (Fsp3) is 0.696. The third kappa shape index (κ3) is 6.29. The Morgan fingerprint density at radius 2 is 1.86 bits per heavy atom. The van der Waals surface area contributed by atoms with Crippen molar-refractivity contribution in [3.63, 3.8) is 0 Å². The number of piperidine rings is 1. The monoisotopic (exact) mass is 418 g/mol. The minimum Gasteiger partial charge on any atom is -0.381 e. The lowest BCUT2D eigenvalue weighted by Gasteiger charge is -2.34. The summed E-state index contributed by atoms with van der Waals surface area (Å²) in [6, 6.07) is 9.10. The maximum Gasteiger partial charge on any atom is 0.194 e. The summed E-state index contributed by atoms with van der Waals surface area (Å²) in [5, 5.41) is 3.47. The van der Waals surface area contributed by atoms with Crippen molar-refractivity contribution in [1.29, 1.82) is 0 Å². The van der Waals surface area contributed by atoms with E-state index >= 15 is 0 Å². The zero-order valence-electron chi connectivity index (χ0n) is 18.5. The van der Waals surface area contributed by atoms with Crippen LogP contribution in [0.4, 0.5) is 5.69 Å². The number of aliphatic imine (C=N–C) groups is 1. The van der Waals surface area contributed by atoms with Crippen LogP contribution in [-0.4, -0.2) is 68.3 Å². The van der Waals surface area contributed by atoms with Gasteiger partial charge < -0.3 is 19.9 Å². The number of hydrogen-bond acceptors (Lipinski definition) is 4. The lowest BCUT2D eigenvalue weighted by atomic mass is 9.99. The number of nitrogens with one attached hydrogen (secondary N) is 1. The van der Waals surface area contributed by atoms with Crippen LogP contribution in [0.1, 0.15) is 44.6 Å². The Bertz CT molecular complexity index is 637. The summed E-state index contributed by atoms with van der Waals surface area (Å²) in [7, 11) is 2.13. The molecule has 0 radical (unpaired) electrons. The summed E-state index contributed by atoms with van der Waals surface area (Å²) in [6.07, 6.45) is 8.38. The summed E-state index contributed by atoms with van der Waals surface area (Å²) < 4.78 is 5.79. The molecular formula is C23H38N4OS. The Labute approximate surface area is 181 Å². The molecule has 1 aromatic carbocycles. The Morgan fingerprint density at radius 1 is 1.17 bits per heavy atom. The highest BCUT2D eigenvalue weighted by atomic mass is 32.2. The topological polar surface area (TPSA) is 40.1 Å². The minimum absolute atomic E-state index is 0.218. The molecule has 0 amide bonds. The number of thioether (sulfide) groups is 1. The van der Waals surface area contributed by atoms with E-state index in [9.17, 15) is 0 Å². The first-order valence-corrected chi connectivity index (χ1v) is 12.3. The lowest BCUT2D eigenvalue weighted by molar-refractivity contribution is 0.0793. The van der Waals surface area contributed by atoms with E-state index in [0.717, 1.165) is 51.6 Å². The Kier molecular flexibility index (Phi) is 8.54. The van der Waals surface area contributed by atoms with E-state index in [1.165, 1.54) is 43.6 Å². The maximum atomic E-state index is 5.57. The van der Waals surface area contributed by atoms with Crippen molar-refractivity contribution in [2.75, 3.05) is 57.6 Å². The van der Waals surface area contributed by atoms with Crippen LogP contribution in [0.25, 0.3) is 0 Å². The Hall–Kier alpha value is -1.40. The first-order chi connectivity index (χ1) is 14.2. The van der Waals surface area contributed by atoms with Gasteiger partial charge in [-0.3, -0.25) is 4.99 Å². The fourth-order valence-electron chi connectivity index (χ4n) is 4.17. The number of rotatable bonds is 7. The number of hydrogen-bond donors (Lipinski definition) is 1. The highest BCUT2D eigenvalue weighted by molar-refractivity contribution is 8.00. The van der Waals surface area contributed by atoms with Gasteiger partial charge in [-0.2, -0.15) is 11.8 Å². The van der Waals surface area contributed by atoms with Crippen LogP contribution in [0, 0.1) is 0 Å². The standard InChI is InChI=1S/C23H38N4OS/c1-4-24-22(25-19-23(29-3)12-16-28-17-13-23)26(2)18-20-8-10-21(11-9-20)27-14-6-5-7-15-27/h8-11H,4-7,12-19H2,1-3H3,(H,24,25). The van der Waals surface area contributed by atoms with Gasteiger partial charge in [-0.05, 0) is 63.0 Å². The van der Waals surface area contributed by atoms with Gasteiger partial charge in [0.2, 0.25) is 0 Å². The molecule has 2 heterocycles. The summed E-state index contributed by atoms with van der Waals surface area (Å²) in [5.41, 5.74) is 2.68. The van der Waals surface area contributed by atoms with Gasteiger partial charge in [0.1, 0.15) is 0 Å². The summed E-state index contributed by atoms with van der Waals surface area (Å²) >= 11 is 1.95. The van der Waals surface area contributed by atoms with Crippen LogP contribution in [0.3, 0.4) is 0 Å². The molecule has 0 atom stereocenters. The van der Waals surface area contributed by atoms with Gasteiger partial charge in [0.15, 0.2) is 5.96 Å². The van der Waals surface area contributed by atoms with Crippen molar-refractivity contribution in [1.82, 2.24) is 10.2 Å². The molecule has 0 saturated carbocycles. The number of nitrogens with zero attached hydrogens (tertiary/aromatic N) is 3. The predicted molar refractivity (Wildman–Crippen MR) is 126 cm³/mol. The van der Waals surface area contributed by atoms with Crippen LogP contribution in [0.5, 0.6) is 0 Å². The van der Waals surface area contributed by atoms with Crippen LogP contribution in [0.2, 0.25) is 0 Å². The van der Waals surface area contributed by atoms with Crippen LogP contribution >= 0.6 is 11.8 Å². The van der Waals surface area contributed by atoms with E-state index in [4.69, 9.17) is 9.73 Å². The largest absolute Gasteiger partial charge is 0.381 e. The first kappa shape index (κ1) is 22.3. The molecule has 1 N–H and O–H groups in total. The quantitative estimate of drug-likeness (QED) is 0.536. The average molecular weight is 419 g/mol. The number of benzene rings is 1. The molecule has 1 aromatic rings. The molecule has 6 heteroatoms. The predicted octanol–water partition coefficient (Wildman–Crippen LogP) is 3.99. The number of ether oxygens (including phenoxy) is 1. The van der Waals surface area contributed by atoms with E-state index in [-0.39, 0.29) is 4.75 Å². The third-order valence-electron chi connectivity index (χ3n) is 6.13. The first-order valence-electron chi connectivity index (χ1n) is 11.1. The molecule has 162 valence electrons. The molecule has 0 unspecified atom stereocenters. The molecule has 2 fully saturated rings. The molecular weight excluding hydrogens is 380 g/mol. The van der Waals surface area contributed by atoms with Gasteiger partial charge in [-0.1, -0.05) is 12.1 Å². The molecule has 5 nitrogen and oxygen atoms in total. The SMILES string of the molecule is CCNC(=NCC1(SC)CCOCC1)N(C)Cc1ccc(N2CCCCC2)cc1. The van der Waals surface area contributed by atoms with E-state index in [2.05, 4.69) is 59.6 Å². The number of guanidine groups is 1. The van der Waals surface area contributed by atoms with Crippen LogP contribution in [0.15, 0.2) is 29.3 Å². The zero-order chi connectivity index (χ0) is 20.5. The average Bonchev–Trinajstić information content (AvgIpc) is 2.78. The highest BCUT2D eigenvalue weighted by Crippen LogP contribution is 2.34. The molecule has 3 rings (SSSR count). The van der Waals surface area contributed by atoms with Gasteiger partial charge in [-0.25, -0.2) is 0 Å². The zero-order valence-corrected chi connectivity index (χ0v) is 19.3. The molecule has 29 heavy (non-hydrogen) atoms. The minimum atomic E-state index is 0.218. The van der Waals surface area contributed by atoms with Crippen molar-refractivity contribution < 1.29 is 4.74 Å². The van der Waals surface area contributed by atoms with Crippen molar-refractivity contribution in [2.45, 2.75) is 50.3 Å². The molecule has 0 bridgehead atoms. The van der Waals surface area contributed by atoms with Gasteiger partial charge >= 0.3 is 0 Å². The highest BCUT2D eigenvalue weighted by Gasteiger charge is 2.31.